The number of oxazole rings is 1. The number of halogens is 2. The van der Waals surface area contributed by atoms with E-state index in [1.807, 2.05) is 0 Å². The SMILES string of the molecule is O=C(COc1ccc(Cl)cc1)Nc1ccc(-c2nc3cc(Cl)ccc3o2)c(O)c1. The second-order valence-corrected chi connectivity index (χ2v) is 7.03. The Balaban J connectivity index is 1.44. The molecule has 0 saturated heterocycles. The number of phenols is 1. The number of carbonyl (C=O) groups excluding carboxylic acids is 1. The Morgan fingerprint density at radius 1 is 1.03 bits per heavy atom. The van der Waals surface area contributed by atoms with E-state index < -0.39 is 0 Å². The number of rotatable bonds is 5. The molecular formula is C21H14Cl2N2O4. The van der Waals surface area contributed by atoms with E-state index in [0.717, 1.165) is 0 Å². The summed E-state index contributed by atoms with van der Waals surface area (Å²) >= 11 is 11.8. The van der Waals surface area contributed by atoms with Crippen LogP contribution >= 0.6 is 23.2 Å². The molecule has 1 aromatic heterocycles. The highest BCUT2D eigenvalue weighted by Crippen LogP contribution is 2.33. The molecular weight excluding hydrogens is 415 g/mol. The molecule has 29 heavy (non-hydrogen) atoms. The molecule has 0 aliphatic rings. The molecule has 0 spiro atoms. The number of anilines is 1. The number of nitrogens with one attached hydrogen (secondary N) is 1. The Kier molecular flexibility index (Phi) is 5.29. The number of aromatic hydroxyl groups is 1. The van der Waals surface area contributed by atoms with Crippen LogP contribution in [0.1, 0.15) is 0 Å². The van der Waals surface area contributed by atoms with Crippen LogP contribution in [0.2, 0.25) is 10.0 Å². The maximum absolute atomic E-state index is 12.1. The third kappa shape index (κ3) is 4.45. The van der Waals surface area contributed by atoms with Gasteiger partial charge in [-0.05, 0) is 54.6 Å². The van der Waals surface area contributed by atoms with Crippen molar-refractivity contribution in [2.24, 2.45) is 0 Å². The summed E-state index contributed by atoms with van der Waals surface area (Å²) in [5.41, 5.74) is 1.95. The van der Waals surface area contributed by atoms with Crippen molar-refractivity contribution in [3.8, 4) is 23.0 Å². The molecule has 0 fully saturated rings. The number of hydrogen-bond acceptors (Lipinski definition) is 5. The van der Waals surface area contributed by atoms with E-state index in [1.165, 1.54) is 6.07 Å². The van der Waals surface area contributed by atoms with Crippen LogP contribution in [-0.4, -0.2) is 22.6 Å². The lowest BCUT2D eigenvalue weighted by Gasteiger charge is -2.09. The van der Waals surface area contributed by atoms with Crippen LogP contribution < -0.4 is 10.1 Å². The molecule has 0 bridgehead atoms. The minimum absolute atomic E-state index is 0.0842. The van der Waals surface area contributed by atoms with E-state index in [4.69, 9.17) is 32.4 Å². The lowest BCUT2D eigenvalue weighted by Crippen LogP contribution is -2.20. The normalized spacial score (nSPS) is 10.8. The number of aromatic nitrogens is 1. The number of ether oxygens (including phenoxy) is 1. The fourth-order valence-electron chi connectivity index (χ4n) is 2.68. The third-order valence-corrected chi connectivity index (χ3v) is 4.53. The lowest BCUT2D eigenvalue weighted by atomic mass is 10.2. The fourth-order valence-corrected chi connectivity index (χ4v) is 2.98. The number of carbonyl (C=O) groups is 1. The van der Waals surface area contributed by atoms with Gasteiger partial charge in [0.25, 0.3) is 5.91 Å². The molecule has 4 rings (SSSR count). The number of nitrogens with zero attached hydrogens (tertiary/aromatic N) is 1. The molecule has 6 nitrogen and oxygen atoms in total. The van der Waals surface area contributed by atoms with Gasteiger partial charge in [0, 0.05) is 21.8 Å². The molecule has 4 aromatic rings. The predicted octanol–water partition coefficient (Wildman–Crippen LogP) is 5.52. The van der Waals surface area contributed by atoms with Crippen LogP contribution in [0.15, 0.2) is 65.1 Å². The van der Waals surface area contributed by atoms with Crippen LogP contribution in [0, 0.1) is 0 Å². The molecule has 146 valence electrons. The van der Waals surface area contributed by atoms with Crippen molar-refractivity contribution < 1.29 is 19.1 Å². The molecule has 0 unspecified atom stereocenters. The summed E-state index contributed by atoms with van der Waals surface area (Å²) in [6, 6.07) is 16.4. The fraction of sp³-hybridized carbons (Fsp3) is 0.0476. The maximum Gasteiger partial charge on any atom is 0.262 e. The predicted molar refractivity (Wildman–Crippen MR) is 112 cm³/mol. The number of hydrogen-bond donors (Lipinski definition) is 2. The van der Waals surface area contributed by atoms with Gasteiger partial charge in [0.15, 0.2) is 12.2 Å². The molecule has 8 heteroatoms. The number of phenolic OH excluding ortho intramolecular Hbond substituents is 1. The van der Waals surface area contributed by atoms with Crippen LogP contribution in [0.5, 0.6) is 11.5 Å². The monoisotopic (exact) mass is 428 g/mol. The maximum atomic E-state index is 12.1. The minimum atomic E-state index is -0.372. The van der Waals surface area contributed by atoms with Crippen molar-refractivity contribution in [1.82, 2.24) is 4.98 Å². The van der Waals surface area contributed by atoms with Gasteiger partial charge in [-0.1, -0.05) is 23.2 Å². The highest BCUT2D eigenvalue weighted by molar-refractivity contribution is 6.31. The molecule has 1 heterocycles. The van der Waals surface area contributed by atoms with Gasteiger partial charge in [-0.15, -0.1) is 0 Å². The minimum Gasteiger partial charge on any atom is -0.507 e. The van der Waals surface area contributed by atoms with E-state index in [2.05, 4.69) is 10.3 Å². The molecule has 0 radical (unpaired) electrons. The Morgan fingerprint density at radius 3 is 2.55 bits per heavy atom. The van der Waals surface area contributed by atoms with Crippen molar-refractivity contribution >= 4 is 45.9 Å². The van der Waals surface area contributed by atoms with E-state index in [9.17, 15) is 9.90 Å². The van der Waals surface area contributed by atoms with Crippen LogP contribution in [-0.2, 0) is 4.79 Å². The first-order valence-electron chi connectivity index (χ1n) is 8.55. The topological polar surface area (TPSA) is 84.6 Å². The molecule has 0 aliphatic carbocycles. The smallest absolute Gasteiger partial charge is 0.262 e. The first-order valence-corrected chi connectivity index (χ1v) is 9.31. The Morgan fingerprint density at radius 2 is 1.79 bits per heavy atom. The van der Waals surface area contributed by atoms with Gasteiger partial charge in [-0.3, -0.25) is 4.79 Å². The molecule has 3 aromatic carbocycles. The average molecular weight is 429 g/mol. The van der Waals surface area contributed by atoms with Gasteiger partial charge in [-0.25, -0.2) is 4.98 Å². The number of amides is 1. The Hall–Kier alpha value is -3.22. The van der Waals surface area contributed by atoms with Crippen molar-refractivity contribution in [3.05, 3.63) is 70.7 Å². The number of fused-ring (bicyclic) bond motifs is 1. The van der Waals surface area contributed by atoms with E-state index in [-0.39, 0.29) is 24.2 Å². The van der Waals surface area contributed by atoms with Crippen LogP contribution in [0.3, 0.4) is 0 Å². The van der Waals surface area contributed by atoms with Crippen molar-refractivity contribution in [2.45, 2.75) is 0 Å². The summed E-state index contributed by atoms with van der Waals surface area (Å²) in [6.07, 6.45) is 0. The summed E-state index contributed by atoms with van der Waals surface area (Å²) in [7, 11) is 0. The lowest BCUT2D eigenvalue weighted by molar-refractivity contribution is -0.118. The van der Waals surface area contributed by atoms with E-state index >= 15 is 0 Å². The summed E-state index contributed by atoms with van der Waals surface area (Å²) in [6.45, 7) is -0.184. The quantitative estimate of drug-likeness (QED) is 0.436. The summed E-state index contributed by atoms with van der Waals surface area (Å²) in [5.74, 6) is 0.324. The molecule has 2 N–H and O–H groups in total. The first kappa shape index (κ1) is 19.1. The zero-order chi connectivity index (χ0) is 20.4. The van der Waals surface area contributed by atoms with Crippen molar-refractivity contribution in [3.63, 3.8) is 0 Å². The van der Waals surface area contributed by atoms with E-state index in [1.54, 1.807) is 54.6 Å². The largest absolute Gasteiger partial charge is 0.507 e. The standard InChI is InChI=1S/C21H14Cl2N2O4/c22-12-1-5-15(6-2-12)28-11-20(27)24-14-4-7-16(18(26)10-14)21-25-17-9-13(23)3-8-19(17)29-21/h1-10,26H,11H2,(H,24,27). The zero-order valence-corrected chi connectivity index (χ0v) is 16.4. The third-order valence-electron chi connectivity index (χ3n) is 4.05. The average Bonchev–Trinajstić information content (AvgIpc) is 3.10. The van der Waals surface area contributed by atoms with Gasteiger partial charge >= 0.3 is 0 Å². The molecule has 1 amide bonds. The summed E-state index contributed by atoms with van der Waals surface area (Å²) in [4.78, 5) is 16.4. The molecule has 0 saturated carbocycles. The second-order valence-electron chi connectivity index (χ2n) is 6.15. The highest BCUT2D eigenvalue weighted by Gasteiger charge is 2.14. The first-order chi connectivity index (χ1) is 14.0. The molecule has 0 atom stereocenters. The van der Waals surface area contributed by atoms with Crippen LogP contribution in [0.4, 0.5) is 5.69 Å². The van der Waals surface area contributed by atoms with Crippen LogP contribution in [0.25, 0.3) is 22.6 Å². The highest BCUT2D eigenvalue weighted by atomic mass is 35.5. The molecule has 0 aliphatic heterocycles. The van der Waals surface area contributed by atoms with Crippen molar-refractivity contribution in [2.75, 3.05) is 11.9 Å². The van der Waals surface area contributed by atoms with Gasteiger partial charge in [0.05, 0.1) is 5.56 Å². The van der Waals surface area contributed by atoms with Crippen molar-refractivity contribution in [1.29, 1.82) is 0 Å². The number of benzene rings is 3. The second kappa shape index (κ2) is 8.03. The van der Waals surface area contributed by atoms with Gasteiger partial charge in [0.1, 0.15) is 17.0 Å². The Bertz CT molecular complexity index is 1190. The van der Waals surface area contributed by atoms with E-state index in [0.29, 0.717) is 38.1 Å². The van der Waals surface area contributed by atoms with Gasteiger partial charge in [0.2, 0.25) is 5.89 Å². The zero-order valence-electron chi connectivity index (χ0n) is 14.9. The summed E-state index contributed by atoms with van der Waals surface area (Å²) in [5, 5.41) is 14.1. The van der Waals surface area contributed by atoms with Gasteiger partial charge in [-0.2, -0.15) is 0 Å². The Labute approximate surface area is 175 Å². The van der Waals surface area contributed by atoms with Gasteiger partial charge < -0.3 is 19.6 Å². The summed E-state index contributed by atoms with van der Waals surface area (Å²) < 4.78 is 11.1.